The Morgan fingerprint density at radius 2 is 0.844 bits per heavy atom. The van der Waals surface area contributed by atoms with E-state index in [0.717, 1.165) is 16.7 Å². The van der Waals surface area contributed by atoms with Crippen LogP contribution in [0.1, 0.15) is 55.5 Å². The maximum absolute atomic E-state index is 11.1. The molecule has 5 heteroatoms. The van der Waals surface area contributed by atoms with Crippen LogP contribution in [0.5, 0.6) is 0 Å². The molecule has 32 heavy (non-hydrogen) atoms. The quantitative estimate of drug-likeness (QED) is 0.355. The summed E-state index contributed by atoms with van der Waals surface area (Å²) in [5, 5.41) is 0. The predicted molar refractivity (Wildman–Crippen MR) is 131 cm³/mol. The number of benzene rings is 3. The summed E-state index contributed by atoms with van der Waals surface area (Å²) in [5.74, 6) is 0. The molecule has 0 unspecified atom stereocenters. The van der Waals surface area contributed by atoms with Crippen LogP contribution in [0.2, 0.25) is 0 Å². The number of hydrogen-bond acceptors (Lipinski definition) is 3. The van der Waals surface area contributed by atoms with Crippen molar-refractivity contribution in [1.82, 2.24) is 0 Å². The van der Waals surface area contributed by atoms with E-state index in [-0.39, 0.29) is 26.1 Å². The van der Waals surface area contributed by atoms with Crippen LogP contribution in [-0.4, -0.2) is 13.0 Å². The monoisotopic (exact) mass is 568 g/mol. The van der Waals surface area contributed by atoms with Crippen LogP contribution in [0.4, 0.5) is 0 Å². The van der Waals surface area contributed by atoms with Crippen molar-refractivity contribution in [2.45, 2.75) is 67.2 Å². The van der Waals surface area contributed by atoms with E-state index < -0.39 is 10.1 Å². The second kappa shape index (κ2) is 15.2. The van der Waals surface area contributed by atoms with Gasteiger partial charge in [-0.15, -0.1) is 0 Å². The van der Waals surface area contributed by atoms with Gasteiger partial charge in [-0.2, -0.15) is 0 Å². The third-order valence-corrected chi connectivity index (χ3v) is 8.66. The SMILES string of the molecule is CC.CC.Cc1c(C)c(C)c(S(=O)(=O)[O-])c(C)c1C.c1ccc([I-]c2ccccc2)cc1. The molecule has 0 aliphatic heterocycles. The Morgan fingerprint density at radius 1 is 0.562 bits per heavy atom. The first-order valence-electron chi connectivity index (χ1n) is 10.9. The molecule has 178 valence electrons. The van der Waals surface area contributed by atoms with E-state index in [1.165, 1.54) is 7.14 Å². The van der Waals surface area contributed by atoms with Crippen molar-refractivity contribution in [3.8, 4) is 0 Å². The maximum atomic E-state index is 11.1. The predicted octanol–water partition coefficient (Wildman–Crippen LogP) is 4.00. The summed E-state index contributed by atoms with van der Waals surface area (Å²) in [6.45, 7) is 17.0. The van der Waals surface area contributed by atoms with Gasteiger partial charge in [-0.05, 0) is 62.4 Å². The van der Waals surface area contributed by atoms with Gasteiger partial charge in [-0.3, -0.25) is 0 Å². The first-order valence-corrected chi connectivity index (χ1v) is 14.5. The van der Waals surface area contributed by atoms with E-state index in [9.17, 15) is 13.0 Å². The third-order valence-electron chi connectivity index (χ3n) is 4.87. The number of hydrogen-bond donors (Lipinski definition) is 0. The van der Waals surface area contributed by atoms with Crippen LogP contribution in [0, 0.1) is 41.8 Å². The molecule has 0 radical (unpaired) electrons. The first kappa shape index (κ1) is 30.3. The van der Waals surface area contributed by atoms with E-state index in [1.807, 2.05) is 48.5 Å². The molecule has 0 amide bonds. The van der Waals surface area contributed by atoms with Gasteiger partial charge in [0, 0.05) is 0 Å². The number of halogens is 1. The Labute approximate surface area is 206 Å². The van der Waals surface area contributed by atoms with Crippen LogP contribution in [-0.2, 0) is 10.1 Å². The average molecular weight is 569 g/mol. The zero-order chi connectivity index (χ0) is 24.9. The Kier molecular flexibility index (Phi) is 14.4. The van der Waals surface area contributed by atoms with Gasteiger partial charge in [0.25, 0.3) is 0 Å². The first-order chi connectivity index (χ1) is 15.1. The Morgan fingerprint density at radius 3 is 1.12 bits per heavy atom. The van der Waals surface area contributed by atoms with Crippen molar-refractivity contribution in [2.75, 3.05) is 0 Å². The summed E-state index contributed by atoms with van der Waals surface area (Å²) in [6, 6.07) is 21.4. The van der Waals surface area contributed by atoms with Gasteiger partial charge >= 0.3 is 89.0 Å². The van der Waals surface area contributed by atoms with Crippen molar-refractivity contribution in [3.63, 3.8) is 0 Å². The standard InChI is InChI=1S/C12H10I.C11H16O3S.2C2H6/c1-3-7-11(8-4-1)13-12-9-5-2-6-10-12;1-6-7(2)9(4)11(15(12,13)14)10(5)8(6)3;2*1-2/h1-10H;1-5H3,(H,12,13,14);2*1-2H3/q-1;;;/p-1. The Hall–Kier alpha value is -1.70. The van der Waals surface area contributed by atoms with E-state index in [2.05, 4.69) is 60.7 Å². The summed E-state index contributed by atoms with van der Waals surface area (Å²) in [6.07, 6.45) is 0. The molecule has 0 aliphatic rings. The van der Waals surface area contributed by atoms with Gasteiger partial charge in [-0.25, -0.2) is 8.42 Å². The molecular formula is C27H37IO3S-2. The molecule has 0 spiro atoms. The topological polar surface area (TPSA) is 57.2 Å². The second-order valence-electron chi connectivity index (χ2n) is 6.59. The fourth-order valence-electron chi connectivity index (χ4n) is 2.92. The normalized spacial score (nSPS) is 10.1. The number of rotatable bonds is 3. The molecule has 0 heterocycles. The van der Waals surface area contributed by atoms with Crippen molar-refractivity contribution in [2.24, 2.45) is 0 Å². The zero-order valence-electron chi connectivity index (χ0n) is 20.8. The van der Waals surface area contributed by atoms with E-state index in [4.69, 9.17) is 0 Å². The minimum atomic E-state index is -4.38. The second-order valence-corrected chi connectivity index (χ2v) is 10.9. The fourth-order valence-corrected chi connectivity index (χ4v) is 6.25. The Bertz CT molecular complexity index is 979. The summed E-state index contributed by atoms with van der Waals surface area (Å²) >= 11 is 0.0287. The molecule has 0 saturated heterocycles. The summed E-state index contributed by atoms with van der Waals surface area (Å²) in [7, 11) is -4.38. The molecular weight excluding hydrogens is 531 g/mol. The van der Waals surface area contributed by atoms with Gasteiger partial charge in [0.15, 0.2) is 0 Å². The Balaban J connectivity index is 0.000000523. The van der Waals surface area contributed by atoms with E-state index in [1.54, 1.807) is 13.8 Å². The molecule has 3 nitrogen and oxygen atoms in total. The van der Waals surface area contributed by atoms with E-state index in [0.29, 0.717) is 11.1 Å². The van der Waals surface area contributed by atoms with Gasteiger partial charge in [0.2, 0.25) is 0 Å². The minimum absolute atomic E-state index is 0.0287. The molecule has 0 aliphatic carbocycles. The molecule has 0 saturated carbocycles. The molecule has 3 rings (SSSR count). The van der Waals surface area contributed by atoms with Crippen LogP contribution >= 0.6 is 0 Å². The van der Waals surface area contributed by atoms with E-state index >= 15 is 0 Å². The summed E-state index contributed by atoms with van der Waals surface area (Å²) in [5.41, 5.74) is 3.97. The van der Waals surface area contributed by atoms with Gasteiger partial charge in [0.05, 0.1) is 4.90 Å². The van der Waals surface area contributed by atoms with Crippen molar-refractivity contribution < 1.29 is 34.2 Å². The van der Waals surface area contributed by atoms with Crippen LogP contribution in [0.15, 0.2) is 65.6 Å². The fraction of sp³-hybridized carbons (Fsp3) is 0.333. The molecule has 3 aromatic rings. The van der Waals surface area contributed by atoms with Crippen molar-refractivity contribution in [1.29, 1.82) is 0 Å². The molecule has 0 fully saturated rings. The van der Waals surface area contributed by atoms with Crippen molar-refractivity contribution in [3.05, 3.63) is 95.6 Å². The van der Waals surface area contributed by atoms with Crippen LogP contribution in [0.25, 0.3) is 0 Å². The van der Waals surface area contributed by atoms with Crippen molar-refractivity contribution >= 4 is 10.1 Å². The summed E-state index contributed by atoms with van der Waals surface area (Å²) in [4.78, 5) is -0.0527. The average Bonchev–Trinajstić information content (AvgIpc) is 2.80. The van der Waals surface area contributed by atoms with Crippen LogP contribution < -0.4 is 21.2 Å². The zero-order valence-corrected chi connectivity index (χ0v) is 23.8. The molecule has 3 aromatic carbocycles. The molecule has 0 aromatic heterocycles. The molecule has 0 N–H and O–H groups in total. The third kappa shape index (κ3) is 9.04. The van der Waals surface area contributed by atoms with Gasteiger partial charge < -0.3 is 4.55 Å². The molecule has 0 bridgehead atoms. The van der Waals surface area contributed by atoms with Gasteiger partial charge in [0.1, 0.15) is 10.1 Å². The molecule has 0 atom stereocenters. The van der Waals surface area contributed by atoms with Gasteiger partial charge in [-0.1, -0.05) is 27.7 Å². The summed E-state index contributed by atoms with van der Waals surface area (Å²) < 4.78 is 36.4. The van der Waals surface area contributed by atoms with Crippen LogP contribution in [0.3, 0.4) is 0 Å².